The molecule has 0 unspecified atom stereocenters. The number of rotatable bonds is 3. The van der Waals surface area contributed by atoms with Gasteiger partial charge in [-0.05, 0) is 43.8 Å². The van der Waals surface area contributed by atoms with Crippen molar-refractivity contribution in [2.45, 2.75) is 32.0 Å². The number of hydrogen-bond donors (Lipinski definition) is 1. The zero-order chi connectivity index (χ0) is 12.3. The minimum absolute atomic E-state index is 0.569. The largest absolute Gasteiger partial charge is 0.408 e. The van der Waals surface area contributed by atoms with Crippen LogP contribution in [0, 0.1) is 5.92 Å². The van der Waals surface area contributed by atoms with E-state index in [9.17, 15) is 13.2 Å². The van der Waals surface area contributed by atoms with E-state index in [1.54, 1.807) is 6.20 Å². The third-order valence-electron chi connectivity index (χ3n) is 3.01. The maximum Gasteiger partial charge on any atom is 0.408 e. The van der Waals surface area contributed by atoms with Crippen LogP contribution in [-0.4, -0.2) is 29.0 Å². The van der Waals surface area contributed by atoms with Gasteiger partial charge in [0.2, 0.25) is 0 Å². The van der Waals surface area contributed by atoms with E-state index in [0.717, 1.165) is 42.6 Å². The van der Waals surface area contributed by atoms with E-state index in [1.165, 1.54) is 6.20 Å². The fourth-order valence-electron chi connectivity index (χ4n) is 2.20. The average Bonchev–Trinajstić information content (AvgIpc) is 2.64. The van der Waals surface area contributed by atoms with Crippen LogP contribution in [0.25, 0.3) is 0 Å². The van der Waals surface area contributed by atoms with Gasteiger partial charge in [0, 0.05) is 6.20 Å². The van der Waals surface area contributed by atoms with Crippen LogP contribution >= 0.6 is 0 Å². The van der Waals surface area contributed by atoms with Crippen molar-refractivity contribution < 1.29 is 13.2 Å². The number of alkyl halides is 3. The Hall–Kier alpha value is -1.04. The first-order valence-electron chi connectivity index (χ1n) is 5.82. The lowest BCUT2D eigenvalue weighted by atomic mass is 9.92. The molecule has 1 aromatic heterocycles. The first-order valence-corrected chi connectivity index (χ1v) is 5.82. The molecule has 0 radical (unpaired) electrons. The predicted octanol–water partition coefficient (Wildman–Crippen LogP) is 1.99. The van der Waals surface area contributed by atoms with Gasteiger partial charge in [0.1, 0.15) is 6.54 Å². The molecule has 6 heteroatoms. The Morgan fingerprint density at radius 3 is 2.71 bits per heavy atom. The summed E-state index contributed by atoms with van der Waals surface area (Å²) in [6.07, 6.45) is 1.87. The Morgan fingerprint density at radius 1 is 1.35 bits per heavy atom. The van der Waals surface area contributed by atoms with Crippen LogP contribution < -0.4 is 5.32 Å². The van der Waals surface area contributed by atoms with Crippen LogP contribution in [0.5, 0.6) is 0 Å². The lowest BCUT2D eigenvalue weighted by Gasteiger charge is -2.21. The normalized spacial score (nSPS) is 18.5. The molecule has 96 valence electrons. The van der Waals surface area contributed by atoms with E-state index in [4.69, 9.17) is 0 Å². The maximum atomic E-state index is 12.1. The molecule has 1 aliphatic rings. The van der Waals surface area contributed by atoms with Gasteiger partial charge in [0.05, 0.1) is 6.20 Å². The molecule has 2 rings (SSSR count). The van der Waals surface area contributed by atoms with Crippen molar-refractivity contribution in [3.63, 3.8) is 0 Å². The number of aromatic nitrogens is 2. The van der Waals surface area contributed by atoms with E-state index in [2.05, 4.69) is 10.4 Å². The quantitative estimate of drug-likeness (QED) is 0.885. The summed E-state index contributed by atoms with van der Waals surface area (Å²) in [6.45, 7) is 1.00. The molecule has 0 aromatic carbocycles. The zero-order valence-corrected chi connectivity index (χ0v) is 9.50. The van der Waals surface area contributed by atoms with Gasteiger partial charge in [-0.2, -0.15) is 18.3 Å². The number of hydrogen-bond acceptors (Lipinski definition) is 2. The summed E-state index contributed by atoms with van der Waals surface area (Å²) in [5, 5.41) is 7.02. The molecule has 0 saturated carbocycles. The highest BCUT2D eigenvalue weighted by Gasteiger charge is 2.28. The molecule has 1 aromatic rings. The molecule has 1 aliphatic heterocycles. The summed E-state index contributed by atoms with van der Waals surface area (Å²) in [7, 11) is 0. The van der Waals surface area contributed by atoms with Crippen LogP contribution in [0.2, 0.25) is 0 Å². The van der Waals surface area contributed by atoms with Gasteiger partial charge in [-0.25, -0.2) is 0 Å². The lowest BCUT2D eigenvalue weighted by Crippen LogP contribution is -2.28. The van der Waals surface area contributed by atoms with Gasteiger partial charge in [-0.15, -0.1) is 0 Å². The highest BCUT2D eigenvalue weighted by Crippen LogP contribution is 2.20. The molecule has 2 heterocycles. The summed E-state index contributed by atoms with van der Waals surface area (Å²) < 4.78 is 37.4. The van der Waals surface area contributed by atoms with Gasteiger partial charge in [0.15, 0.2) is 0 Å². The first-order chi connectivity index (χ1) is 8.03. The molecule has 0 amide bonds. The second-order valence-electron chi connectivity index (χ2n) is 4.56. The molecule has 0 atom stereocenters. The number of nitrogens with one attached hydrogen (secondary N) is 1. The summed E-state index contributed by atoms with van der Waals surface area (Å²) >= 11 is 0. The standard InChI is InChI=1S/C11H16F3N3/c12-11(13,14)8-17-7-10(6-16-17)5-9-1-3-15-4-2-9/h6-7,9,15H,1-5,8H2. The highest BCUT2D eigenvalue weighted by molar-refractivity contribution is 5.05. The van der Waals surface area contributed by atoms with Gasteiger partial charge in [0.25, 0.3) is 0 Å². The average molecular weight is 247 g/mol. The second-order valence-corrected chi connectivity index (χ2v) is 4.56. The summed E-state index contributed by atoms with van der Waals surface area (Å²) in [5.74, 6) is 0.569. The minimum atomic E-state index is -4.20. The van der Waals surface area contributed by atoms with Crippen molar-refractivity contribution in [1.29, 1.82) is 0 Å². The predicted molar refractivity (Wildman–Crippen MR) is 57.6 cm³/mol. The molecule has 17 heavy (non-hydrogen) atoms. The van der Waals surface area contributed by atoms with Crippen LogP contribution in [0.1, 0.15) is 18.4 Å². The molecular formula is C11H16F3N3. The number of halogens is 3. The molecule has 1 N–H and O–H groups in total. The van der Waals surface area contributed by atoms with E-state index in [0.29, 0.717) is 5.92 Å². The van der Waals surface area contributed by atoms with Crippen molar-refractivity contribution in [3.8, 4) is 0 Å². The third kappa shape index (κ3) is 4.03. The van der Waals surface area contributed by atoms with Crippen molar-refractivity contribution in [1.82, 2.24) is 15.1 Å². The van der Waals surface area contributed by atoms with Crippen LogP contribution in [0.15, 0.2) is 12.4 Å². The van der Waals surface area contributed by atoms with Crippen LogP contribution in [0.3, 0.4) is 0 Å². The molecule has 0 aliphatic carbocycles. The highest BCUT2D eigenvalue weighted by atomic mass is 19.4. The topological polar surface area (TPSA) is 29.9 Å². The van der Waals surface area contributed by atoms with Crippen molar-refractivity contribution in [2.24, 2.45) is 5.92 Å². The zero-order valence-electron chi connectivity index (χ0n) is 9.50. The van der Waals surface area contributed by atoms with Crippen molar-refractivity contribution >= 4 is 0 Å². The molecule has 3 nitrogen and oxygen atoms in total. The Kier molecular flexibility index (Phi) is 3.71. The molecule has 1 saturated heterocycles. The molecule has 0 bridgehead atoms. The van der Waals surface area contributed by atoms with E-state index in [-0.39, 0.29) is 0 Å². The molecule has 0 spiro atoms. The summed E-state index contributed by atoms with van der Waals surface area (Å²) in [4.78, 5) is 0. The van der Waals surface area contributed by atoms with Gasteiger partial charge < -0.3 is 5.32 Å². The summed E-state index contributed by atoms with van der Waals surface area (Å²) in [6, 6.07) is 0. The number of piperidine rings is 1. The maximum absolute atomic E-state index is 12.1. The Morgan fingerprint density at radius 2 is 2.06 bits per heavy atom. The Labute approximate surface area is 98.0 Å². The minimum Gasteiger partial charge on any atom is -0.317 e. The smallest absolute Gasteiger partial charge is 0.317 e. The fraction of sp³-hybridized carbons (Fsp3) is 0.727. The summed E-state index contributed by atoms with van der Waals surface area (Å²) in [5.41, 5.74) is 0.904. The van der Waals surface area contributed by atoms with Gasteiger partial charge in [-0.1, -0.05) is 0 Å². The molecular weight excluding hydrogens is 231 g/mol. The van der Waals surface area contributed by atoms with Gasteiger partial charge in [-0.3, -0.25) is 4.68 Å². The molecule has 1 fully saturated rings. The van der Waals surface area contributed by atoms with Crippen LogP contribution in [0.4, 0.5) is 13.2 Å². The second kappa shape index (κ2) is 5.08. The van der Waals surface area contributed by atoms with Crippen LogP contribution in [-0.2, 0) is 13.0 Å². The SMILES string of the molecule is FC(F)(F)Cn1cc(CC2CCNCC2)cn1. The lowest BCUT2D eigenvalue weighted by molar-refractivity contribution is -0.142. The van der Waals surface area contributed by atoms with E-state index in [1.807, 2.05) is 0 Å². The fourth-order valence-corrected chi connectivity index (χ4v) is 2.20. The number of nitrogens with zero attached hydrogens (tertiary/aromatic N) is 2. The van der Waals surface area contributed by atoms with Crippen molar-refractivity contribution in [2.75, 3.05) is 13.1 Å². The third-order valence-corrected chi connectivity index (χ3v) is 3.01. The Bertz CT molecular complexity index is 353. The monoisotopic (exact) mass is 247 g/mol. The van der Waals surface area contributed by atoms with Crippen molar-refractivity contribution in [3.05, 3.63) is 18.0 Å². The first kappa shape index (κ1) is 12.4. The van der Waals surface area contributed by atoms with E-state index < -0.39 is 12.7 Å². The van der Waals surface area contributed by atoms with E-state index >= 15 is 0 Å². The Balaban J connectivity index is 1.89. The van der Waals surface area contributed by atoms with Gasteiger partial charge >= 0.3 is 6.18 Å².